The molecule has 0 spiro atoms. The highest BCUT2D eigenvalue weighted by atomic mass is 16.7. The normalized spacial score (nSPS) is 15.9. The molecule has 1 aliphatic rings. The fourth-order valence-corrected chi connectivity index (χ4v) is 2.88. The van der Waals surface area contributed by atoms with Crippen molar-refractivity contribution < 1.29 is 57.3 Å². The Morgan fingerprint density at radius 1 is 0.556 bits per heavy atom. The second-order valence-electron chi connectivity index (χ2n) is 7.71. The van der Waals surface area contributed by atoms with E-state index in [0.717, 1.165) is 25.9 Å². The van der Waals surface area contributed by atoms with E-state index >= 15 is 0 Å². The van der Waals surface area contributed by atoms with Gasteiger partial charge in [-0.15, -0.1) is 0 Å². The van der Waals surface area contributed by atoms with Gasteiger partial charge >= 0.3 is 5.97 Å². The molecule has 1 rings (SSSR count). The van der Waals surface area contributed by atoms with Crippen LogP contribution < -0.4 is 0 Å². The standard InChI is InChI=1S/C24H46O12/c25-23(26)4-6-27-7-8-28-9-10-29-11-12-30-13-14-31-15-16-32-17-18-33-19-20-34-21-22-36-24-3-1-2-5-35-24/h24H,1-22H2,(H,25,26). The van der Waals surface area contributed by atoms with Crippen LogP contribution in [-0.4, -0.2) is 136 Å². The molecule has 0 aromatic rings. The summed E-state index contributed by atoms with van der Waals surface area (Å²) in [5.74, 6) is -0.870. The van der Waals surface area contributed by atoms with E-state index in [4.69, 9.17) is 52.5 Å². The number of carboxylic acid groups (broad SMARTS) is 1. The van der Waals surface area contributed by atoms with Gasteiger partial charge in [0.25, 0.3) is 0 Å². The van der Waals surface area contributed by atoms with Gasteiger partial charge in [-0.2, -0.15) is 0 Å². The summed E-state index contributed by atoms with van der Waals surface area (Å²) in [7, 11) is 0. The van der Waals surface area contributed by atoms with Crippen molar-refractivity contribution in [3.05, 3.63) is 0 Å². The van der Waals surface area contributed by atoms with Crippen LogP contribution in [0.15, 0.2) is 0 Å². The van der Waals surface area contributed by atoms with E-state index in [9.17, 15) is 4.79 Å². The molecule has 1 saturated heterocycles. The Labute approximate surface area is 214 Å². The second-order valence-corrected chi connectivity index (χ2v) is 7.71. The molecule has 1 unspecified atom stereocenters. The lowest BCUT2D eigenvalue weighted by atomic mass is 10.2. The number of ether oxygens (including phenoxy) is 10. The number of carboxylic acids is 1. The highest BCUT2D eigenvalue weighted by Crippen LogP contribution is 2.13. The van der Waals surface area contributed by atoms with Crippen molar-refractivity contribution in [3.63, 3.8) is 0 Å². The zero-order valence-electron chi connectivity index (χ0n) is 21.6. The van der Waals surface area contributed by atoms with Crippen molar-refractivity contribution in [2.24, 2.45) is 0 Å². The second kappa shape index (κ2) is 27.1. The molecule has 0 bridgehead atoms. The highest BCUT2D eigenvalue weighted by molar-refractivity contribution is 5.66. The minimum atomic E-state index is -0.870. The Bertz CT molecular complexity index is 462. The van der Waals surface area contributed by atoms with Gasteiger partial charge in [0.05, 0.1) is 119 Å². The number of aliphatic carboxylic acids is 1. The molecule has 1 aliphatic heterocycles. The van der Waals surface area contributed by atoms with Crippen molar-refractivity contribution in [3.8, 4) is 0 Å². The van der Waals surface area contributed by atoms with E-state index in [1.807, 2.05) is 0 Å². The number of rotatable bonds is 28. The zero-order chi connectivity index (χ0) is 25.8. The van der Waals surface area contributed by atoms with Crippen LogP contribution in [0.1, 0.15) is 25.7 Å². The smallest absolute Gasteiger partial charge is 0.305 e. The SMILES string of the molecule is O=C(O)CCOCCOCCOCCOCCOCCOCCOCCOCCOC1CCCCO1. The molecule has 36 heavy (non-hydrogen) atoms. The summed E-state index contributed by atoms with van der Waals surface area (Å²) in [5, 5.41) is 8.46. The summed E-state index contributed by atoms with van der Waals surface area (Å²) < 4.78 is 54.1. The van der Waals surface area contributed by atoms with E-state index in [0.29, 0.717) is 106 Å². The van der Waals surface area contributed by atoms with E-state index in [-0.39, 0.29) is 19.3 Å². The molecule has 0 radical (unpaired) electrons. The molecular formula is C24H46O12. The third-order valence-electron chi connectivity index (χ3n) is 4.73. The molecule has 0 amide bonds. The molecule has 1 fully saturated rings. The molecule has 1 heterocycles. The van der Waals surface area contributed by atoms with Crippen LogP contribution in [0.4, 0.5) is 0 Å². The first-order chi connectivity index (χ1) is 17.8. The summed E-state index contributed by atoms with van der Waals surface area (Å²) >= 11 is 0. The van der Waals surface area contributed by atoms with Crippen molar-refractivity contribution in [1.29, 1.82) is 0 Å². The number of hydrogen-bond acceptors (Lipinski definition) is 11. The van der Waals surface area contributed by atoms with Crippen LogP contribution in [0.25, 0.3) is 0 Å². The van der Waals surface area contributed by atoms with E-state index in [1.54, 1.807) is 0 Å². The van der Waals surface area contributed by atoms with Gasteiger partial charge < -0.3 is 52.5 Å². The summed E-state index contributed by atoms with van der Waals surface area (Å²) in [6.45, 7) is 8.84. The Morgan fingerprint density at radius 3 is 1.25 bits per heavy atom. The minimum absolute atomic E-state index is 0.00289. The third kappa shape index (κ3) is 24.8. The third-order valence-corrected chi connectivity index (χ3v) is 4.73. The van der Waals surface area contributed by atoms with Crippen LogP contribution in [0, 0.1) is 0 Å². The van der Waals surface area contributed by atoms with E-state index in [1.165, 1.54) is 0 Å². The Hall–Kier alpha value is -0.930. The molecular weight excluding hydrogens is 480 g/mol. The molecule has 12 heteroatoms. The Kier molecular flexibility index (Phi) is 24.9. The first kappa shape index (κ1) is 33.1. The molecule has 214 valence electrons. The van der Waals surface area contributed by atoms with E-state index in [2.05, 4.69) is 0 Å². The maximum absolute atomic E-state index is 10.3. The van der Waals surface area contributed by atoms with Gasteiger partial charge in [-0.25, -0.2) is 0 Å². The lowest BCUT2D eigenvalue weighted by Gasteiger charge is -2.22. The van der Waals surface area contributed by atoms with Gasteiger partial charge in [0.1, 0.15) is 0 Å². The predicted molar refractivity (Wildman–Crippen MR) is 128 cm³/mol. The monoisotopic (exact) mass is 526 g/mol. The van der Waals surface area contributed by atoms with E-state index < -0.39 is 5.97 Å². The predicted octanol–water partition coefficient (Wildman–Crippen LogP) is 1.14. The zero-order valence-corrected chi connectivity index (χ0v) is 21.6. The van der Waals surface area contributed by atoms with Gasteiger partial charge in [-0.3, -0.25) is 4.79 Å². The maximum atomic E-state index is 10.3. The van der Waals surface area contributed by atoms with Gasteiger partial charge in [0.15, 0.2) is 6.29 Å². The average molecular weight is 527 g/mol. The van der Waals surface area contributed by atoms with Gasteiger partial charge in [-0.1, -0.05) is 0 Å². The number of hydrogen-bond donors (Lipinski definition) is 1. The van der Waals surface area contributed by atoms with Crippen molar-refractivity contribution in [1.82, 2.24) is 0 Å². The van der Waals surface area contributed by atoms with Gasteiger partial charge in [0.2, 0.25) is 0 Å². The largest absolute Gasteiger partial charge is 0.481 e. The summed E-state index contributed by atoms with van der Waals surface area (Å²) in [6.07, 6.45) is 3.18. The topological polar surface area (TPSA) is 130 Å². The highest BCUT2D eigenvalue weighted by Gasteiger charge is 2.13. The first-order valence-electron chi connectivity index (χ1n) is 12.9. The summed E-state index contributed by atoms with van der Waals surface area (Å²) in [4.78, 5) is 10.3. The molecule has 0 aromatic heterocycles. The summed E-state index contributed by atoms with van der Waals surface area (Å²) in [6, 6.07) is 0. The van der Waals surface area contributed by atoms with Crippen molar-refractivity contribution in [2.45, 2.75) is 32.0 Å². The molecule has 1 N–H and O–H groups in total. The van der Waals surface area contributed by atoms with Crippen LogP contribution in [0.5, 0.6) is 0 Å². The lowest BCUT2D eigenvalue weighted by molar-refractivity contribution is -0.169. The van der Waals surface area contributed by atoms with Gasteiger partial charge in [0, 0.05) is 6.61 Å². The van der Waals surface area contributed by atoms with Crippen LogP contribution >= 0.6 is 0 Å². The fraction of sp³-hybridized carbons (Fsp3) is 0.958. The van der Waals surface area contributed by atoms with Crippen molar-refractivity contribution in [2.75, 3.05) is 119 Å². The Balaban J connectivity index is 1.62. The molecule has 0 aliphatic carbocycles. The average Bonchev–Trinajstić information content (AvgIpc) is 2.88. The van der Waals surface area contributed by atoms with Crippen LogP contribution in [0.3, 0.4) is 0 Å². The van der Waals surface area contributed by atoms with Crippen LogP contribution in [0.2, 0.25) is 0 Å². The quantitative estimate of drug-likeness (QED) is 0.147. The van der Waals surface area contributed by atoms with Crippen molar-refractivity contribution >= 4 is 5.97 Å². The maximum Gasteiger partial charge on any atom is 0.305 e. The minimum Gasteiger partial charge on any atom is -0.481 e. The Morgan fingerprint density at radius 2 is 0.917 bits per heavy atom. The lowest BCUT2D eigenvalue weighted by Crippen LogP contribution is -2.24. The van der Waals surface area contributed by atoms with Crippen LogP contribution in [-0.2, 0) is 52.2 Å². The number of carbonyl (C=O) groups is 1. The molecule has 1 atom stereocenters. The molecule has 0 saturated carbocycles. The molecule has 12 nitrogen and oxygen atoms in total. The molecule has 0 aromatic carbocycles. The first-order valence-corrected chi connectivity index (χ1v) is 12.9. The van der Waals surface area contributed by atoms with Gasteiger partial charge in [-0.05, 0) is 19.3 Å². The fourth-order valence-electron chi connectivity index (χ4n) is 2.88. The summed E-state index contributed by atoms with van der Waals surface area (Å²) in [5.41, 5.74) is 0.